The predicted molar refractivity (Wildman–Crippen MR) is 77.3 cm³/mol. The average Bonchev–Trinajstić information content (AvgIpc) is 2.49. The van der Waals surface area contributed by atoms with Crippen molar-refractivity contribution < 1.29 is 19.1 Å². The van der Waals surface area contributed by atoms with Crippen molar-refractivity contribution in [1.82, 2.24) is 5.32 Å². The van der Waals surface area contributed by atoms with Gasteiger partial charge < -0.3 is 14.8 Å². The van der Waals surface area contributed by atoms with E-state index < -0.39 is 12.1 Å². The normalized spacial score (nSPS) is 9.76. The van der Waals surface area contributed by atoms with Crippen molar-refractivity contribution in [3.63, 3.8) is 0 Å². The minimum Gasteiger partial charge on any atom is -0.425 e. The summed E-state index contributed by atoms with van der Waals surface area (Å²) in [7, 11) is 0. The van der Waals surface area contributed by atoms with Crippen LogP contribution in [0.2, 0.25) is 0 Å². The van der Waals surface area contributed by atoms with Crippen LogP contribution in [0.25, 0.3) is 0 Å². The summed E-state index contributed by atoms with van der Waals surface area (Å²) in [5.41, 5.74) is 0.845. The number of hydrogen-bond acceptors (Lipinski definition) is 4. The Morgan fingerprint density at radius 3 is 2.33 bits per heavy atom. The van der Waals surface area contributed by atoms with Gasteiger partial charge >= 0.3 is 12.1 Å². The molecule has 2 rings (SSSR count). The third-order valence-electron chi connectivity index (χ3n) is 2.65. The van der Waals surface area contributed by atoms with Gasteiger partial charge in [-0.3, -0.25) is 0 Å². The van der Waals surface area contributed by atoms with E-state index in [9.17, 15) is 9.59 Å². The summed E-state index contributed by atoms with van der Waals surface area (Å²) in [5, 5.41) is 2.33. The van der Waals surface area contributed by atoms with E-state index in [-0.39, 0.29) is 6.54 Å². The molecule has 108 valence electrons. The third-order valence-corrected chi connectivity index (χ3v) is 2.65. The lowest BCUT2D eigenvalue weighted by molar-refractivity contribution is -0.133. The summed E-state index contributed by atoms with van der Waals surface area (Å²) in [6.45, 7) is 1.57. The van der Waals surface area contributed by atoms with Gasteiger partial charge in [0, 0.05) is 0 Å². The molecule has 0 aliphatic carbocycles. The van der Waals surface area contributed by atoms with Crippen LogP contribution in [0.5, 0.6) is 11.5 Å². The molecule has 0 radical (unpaired) electrons. The molecule has 0 aliphatic heterocycles. The molecule has 21 heavy (non-hydrogen) atoms. The van der Waals surface area contributed by atoms with Crippen LogP contribution in [-0.2, 0) is 4.79 Å². The molecule has 0 spiro atoms. The molecule has 0 atom stereocenters. The summed E-state index contributed by atoms with van der Waals surface area (Å²) in [6.07, 6.45) is -0.706. The topological polar surface area (TPSA) is 64.6 Å². The number of esters is 1. The van der Waals surface area contributed by atoms with Crippen molar-refractivity contribution in [3.05, 3.63) is 60.2 Å². The van der Waals surface area contributed by atoms with E-state index in [2.05, 4.69) is 5.32 Å². The van der Waals surface area contributed by atoms with E-state index in [0.29, 0.717) is 11.5 Å². The number of para-hydroxylation sites is 2. The van der Waals surface area contributed by atoms with Crippen LogP contribution in [0.3, 0.4) is 0 Å². The zero-order chi connectivity index (χ0) is 15.1. The van der Waals surface area contributed by atoms with E-state index in [4.69, 9.17) is 9.47 Å². The fourth-order valence-corrected chi connectivity index (χ4v) is 1.61. The van der Waals surface area contributed by atoms with Crippen LogP contribution in [0.15, 0.2) is 54.6 Å². The predicted octanol–water partition coefficient (Wildman–Crippen LogP) is 2.69. The Bertz CT molecular complexity index is 625. The molecule has 0 aliphatic rings. The molecule has 0 unspecified atom stereocenters. The van der Waals surface area contributed by atoms with Crippen molar-refractivity contribution in [3.8, 4) is 11.5 Å². The van der Waals surface area contributed by atoms with E-state index in [1.165, 1.54) is 0 Å². The Labute approximate surface area is 122 Å². The third kappa shape index (κ3) is 4.65. The van der Waals surface area contributed by atoms with Crippen LogP contribution in [0.1, 0.15) is 5.56 Å². The number of rotatable bonds is 4. The Morgan fingerprint density at radius 1 is 0.952 bits per heavy atom. The van der Waals surface area contributed by atoms with Crippen LogP contribution in [-0.4, -0.2) is 18.6 Å². The molecular weight excluding hydrogens is 270 g/mol. The highest BCUT2D eigenvalue weighted by Gasteiger charge is 2.10. The molecule has 0 bridgehead atoms. The molecule has 0 heterocycles. The number of carbonyl (C=O) groups is 2. The molecule has 0 saturated heterocycles. The first kappa shape index (κ1) is 14.6. The standard InChI is InChI=1S/C16H15NO4/c1-12-7-5-6-10-14(12)21-15(18)11-17-16(19)20-13-8-3-2-4-9-13/h2-10H,11H2,1H3,(H,17,19). The van der Waals surface area contributed by atoms with E-state index >= 15 is 0 Å². The van der Waals surface area contributed by atoms with Crippen LogP contribution in [0, 0.1) is 6.92 Å². The van der Waals surface area contributed by atoms with Gasteiger partial charge in [0.15, 0.2) is 0 Å². The zero-order valence-corrected chi connectivity index (χ0v) is 11.5. The quantitative estimate of drug-likeness (QED) is 0.693. The fourth-order valence-electron chi connectivity index (χ4n) is 1.61. The lowest BCUT2D eigenvalue weighted by Gasteiger charge is -2.08. The van der Waals surface area contributed by atoms with Crippen LogP contribution >= 0.6 is 0 Å². The molecule has 2 aromatic carbocycles. The molecule has 5 heteroatoms. The summed E-state index contributed by atoms with van der Waals surface area (Å²) >= 11 is 0. The summed E-state index contributed by atoms with van der Waals surface area (Å²) < 4.78 is 10.1. The minimum atomic E-state index is -0.706. The zero-order valence-electron chi connectivity index (χ0n) is 11.5. The lowest BCUT2D eigenvalue weighted by atomic mass is 10.2. The van der Waals surface area contributed by atoms with Crippen LogP contribution < -0.4 is 14.8 Å². The Kier molecular flexibility index (Phi) is 4.93. The second-order valence-electron chi connectivity index (χ2n) is 4.30. The molecule has 2 aromatic rings. The van der Waals surface area contributed by atoms with Crippen LogP contribution in [0.4, 0.5) is 4.79 Å². The number of hydrogen-bond donors (Lipinski definition) is 1. The largest absolute Gasteiger partial charge is 0.425 e. The number of nitrogens with one attached hydrogen (secondary N) is 1. The maximum Gasteiger partial charge on any atom is 0.413 e. The van der Waals surface area contributed by atoms with E-state index in [1.807, 2.05) is 25.1 Å². The first-order valence-electron chi connectivity index (χ1n) is 6.42. The SMILES string of the molecule is Cc1ccccc1OC(=O)CNC(=O)Oc1ccccc1. The number of ether oxygens (including phenoxy) is 2. The van der Waals surface area contributed by atoms with Gasteiger partial charge in [-0.05, 0) is 30.7 Å². The highest BCUT2D eigenvalue weighted by atomic mass is 16.6. The summed E-state index contributed by atoms with van der Waals surface area (Å²) in [4.78, 5) is 23.1. The van der Waals surface area contributed by atoms with Gasteiger partial charge in [0.2, 0.25) is 0 Å². The Hall–Kier alpha value is -2.82. The first-order valence-corrected chi connectivity index (χ1v) is 6.42. The maximum absolute atomic E-state index is 11.6. The van der Waals surface area contributed by atoms with E-state index in [1.54, 1.807) is 36.4 Å². The van der Waals surface area contributed by atoms with Crippen molar-refractivity contribution >= 4 is 12.1 Å². The van der Waals surface area contributed by atoms with Gasteiger partial charge in [-0.15, -0.1) is 0 Å². The number of amides is 1. The van der Waals surface area contributed by atoms with E-state index in [0.717, 1.165) is 5.56 Å². The van der Waals surface area contributed by atoms with Crippen molar-refractivity contribution in [2.45, 2.75) is 6.92 Å². The van der Waals surface area contributed by atoms with Gasteiger partial charge in [0.05, 0.1) is 0 Å². The number of aryl methyl sites for hydroxylation is 1. The van der Waals surface area contributed by atoms with Gasteiger partial charge in [0.25, 0.3) is 0 Å². The summed E-state index contributed by atoms with van der Waals surface area (Å²) in [6, 6.07) is 15.7. The summed E-state index contributed by atoms with van der Waals surface area (Å²) in [5.74, 6) is 0.317. The molecule has 0 fully saturated rings. The lowest BCUT2D eigenvalue weighted by Crippen LogP contribution is -2.34. The smallest absolute Gasteiger partial charge is 0.413 e. The highest BCUT2D eigenvalue weighted by Crippen LogP contribution is 2.16. The van der Waals surface area contributed by atoms with Gasteiger partial charge in [0.1, 0.15) is 18.0 Å². The molecule has 1 amide bonds. The highest BCUT2D eigenvalue weighted by molar-refractivity contribution is 5.80. The Morgan fingerprint density at radius 2 is 1.62 bits per heavy atom. The number of carbonyl (C=O) groups excluding carboxylic acids is 2. The molecule has 0 aromatic heterocycles. The number of benzene rings is 2. The monoisotopic (exact) mass is 285 g/mol. The molecule has 5 nitrogen and oxygen atoms in total. The van der Waals surface area contributed by atoms with Gasteiger partial charge in [-0.25, -0.2) is 9.59 Å². The molecule has 1 N–H and O–H groups in total. The molecular formula is C16H15NO4. The average molecular weight is 285 g/mol. The van der Waals surface area contributed by atoms with Gasteiger partial charge in [-0.1, -0.05) is 36.4 Å². The van der Waals surface area contributed by atoms with Crippen molar-refractivity contribution in [2.75, 3.05) is 6.54 Å². The fraction of sp³-hybridized carbons (Fsp3) is 0.125. The van der Waals surface area contributed by atoms with Crippen molar-refractivity contribution in [1.29, 1.82) is 0 Å². The second kappa shape index (κ2) is 7.09. The maximum atomic E-state index is 11.6. The minimum absolute atomic E-state index is 0.264. The molecule has 0 saturated carbocycles. The second-order valence-corrected chi connectivity index (χ2v) is 4.30. The first-order chi connectivity index (χ1) is 10.1. The van der Waals surface area contributed by atoms with Crippen molar-refractivity contribution in [2.24, 2.45) is 0 Å². The Balaban J connectivity index is 1.79. The van der Waals surface area contributed by atoms with Gasteiger partial charge in [-0.2, -0.15) is 0 Å².